The van der Waals surface area contributed by atoms with Crippen molar-refractivity contribution in [2.45, 2.75) is 4.90 Å². The molecule has 0 fully saturated rings. The Morgan fingerprint density at radius 2 is 2.00 bits per heavy atom. The van der Waals surface area contributed by atoms with E-state index in [-0.39, 0.29) is 15.5 Å². The largest absolute Gasteiger partial charge is 0.465 e. The lowest BCUT2D eigenvalue weighted by molar-refractivity contribution is 0.0607. The number of carbonyl (C=O) groups is 1. The van der Waals surface area contributed by atoms with E-state index in [0.29, 0.717) is 10.6 Å². The van der Waals surface area contributed by atoms with Crippen molar-refractivity contribution < 1.29 is 17.9 Å². The number of benzene rings is 1. The minimum Gasteiger partial charge on any atom is -0.465 e. The first-order chi connectivity index (χ1) is 9.89. The van der Waals surface area contributed by atoms with Crippen LogP contribution >= 0.6 is 11.3 Å². The number of methoxy groups -OCH3 is 1. The summed E-state index contributed by atoms with van der Waals surface area (Å²) in [5, 5.41) is 0. The monoisotopic (exact) mass is 324 g/mol. The highest BCUT2D eigenvalue weighted by atomic mass is 32.2. The number of hydrogen-bond acceptors (Lipinski definition) is 6. The molecule has 2 aromatic rings. The number of nitrogens with two attached hydrogens (primary N) is 1. The third-order valence-corrected chi connectivity index (χ3v) is 6.58. The van der Waals surface area contributed by atoms with E-state index in [1.54, 1.807) is 18.2 Å². The van der Waals surface area contributed by atoms with Crippen molar-refractivity contribution in [3.8, 4) is 10.4 Å². The number of ether oxygens (including phenoxy) is 1. The van der Waals surface area contributed by atoms with Gasteiger partial charge in [-0.3, -0.25) is 4.31 Å². The summed E-state index contributed by atoms with van der Waals surface area (Å²) in [4.78, 5) is 12.3. The van der Waals surface area contributed by atoms with Gasteiger partial charge in [0.15, 0.2) is 0 Å². The summed E-state index contributed by atoms with van der Waals surface area (Å²) >= 11 is 1.04. The first-order valence-electron chi connectivity index (χ1n) is 5.98. The second-order valence-electron chi connectivity index (χ2n) is 4.48. The Morgan fingerprint density at radius 1 is 1.33 bits per heavy atom. The number of anilines is 2. The predicted octanol–water partition coefficient (Wildman–Crippen LogP) is 1.92. The van der Waals surface area contributed by atoms with E-state index in [0.717, 1.165) is 16.9 Å². The summed E-state index contributed by atoms with van der Waals surface area (Å²) in [6.07, 6.45) is 0. The molecule has 0 atom stereocenters. The maximum absolute atomic E-state index is 12.6. The average Bonchev–Trinajstić information content (AvgIpc) is 2.83. The molecule has 1 aromatic heterocycles. The number of esters is 1. The summed E-state index contributed by atoms with van der Waals surface area (Å²) in [5.41, 5.74) is 7.14. The van der Waals surface area contributed by atoms with Gasteiger partial charge in [0, 0.05) is 12.6 Å². The van der Waals surface area contributed by atoms with Crippen LogP contribution < -0.4 is 10.0 Å². The molecule has 8 heteroatoms. The molecule has 1 aliphatic rings. The van der Waals surface area contributed by atoms with Gasteiger partial charge in [-0.25, -0.2) is 13.2 Å². The maximum atomic E-state index is 12.6. The minimum absolute atomic E-state index is 0.0194. The number of nitrogen functional groups attached to an aromatic ring is 1. The number of fused-ring (bicyclic) bond motifs is 3. The Morgan fingerprint density at radius 3 is 2.67 bits per heavy atom. The van der Waals surface area contributed by atoms with Gasteiger partial charge in [0.25, 0.3) is 10.0 Å². The number of para-hydroxylation sites is 1. The van der Waals surface area contributed by atoms with Crippen molar-refractivity contribution in [1.29, 1.82) is 0 Å². The number of sulfonamides is 1. The first-order valence-corrected chi connectivity index (χ1v) is 8.24. The normalized spacial score (nSPS) is 15.2. The van der Waals surface area contributed by atoms with Gasteiger partial charge in [-0.2, -0.15) is 0 Å². The zero-order valence-corrected chi connectivity index (χ0v) is 12.9. The van der Waals surface area contributed by atoms with Gasteiger partial charge in [-0.1, -0.05) is 18.2 Å². The van der Waals surface area contributed by atoms with Gasteiger partial charge in [0.2, 0.25) is 0 Å². The highest BCUT2D eigenvalue weighted by Crippen LogP contribution is 2.50. The topological polar surface area (TPSA) is 89.7 Å². The second kappa shape index (κ2) is 4.47. The van der Waals surface area contributed by atoms with Crippen LogP contribution in [0.1, 0.15) is 9.67 Å². The Kier molecular flexibility index (Phi) is 2.96. The van der Waals surface area contributed by atoms with Crippen molar-refractivity contribution in [1.82, 2.24) is 0 Å². The van der Waals surface area contributed by atoms with E-state index >= 15 is 0 Å². The van der Waals surface area contributed by atoms with Crippen LogP contribution in [-0.4, -0.2) is 28.5 Å². The molecule has 0 aliphatic carbocycles. The van der Waals surface area contributed by atoms with Gasteiger partial charge in [0.1, 0.15) is 9.77 Å². The van der Waals surface area contributed by atoms with Gasteiger partial charge in [0.05, 0.1) is 23.4 Å². The van der Waals surface area contributed by atoms with Crippen LogP contribution in [0.5, 0.6) is 0 Å². The molecule has 0 unspecified atom stereocenters. The van der Waals surface area contributed by atoms with Crippen LogP contribution in [0.25, 0.3) is 10.4 Å². The molecular weight excluding hydrogens is 312 g/mol. The third-order valence-electron chi connectivity index (χ3n) is 3.38. The van der Waals surface area contributed by atoms with Gasteiger partial charge >= 0.3 is 5.97 Å². The molecule has 0 radical (unpaired) electrons. The van der Waals surface area contributed by atoms with E-state index in [9.17, 15) is 13.2 Å². The molecule has 0 bridgehead atoms. The third kappa shape index (κ3) is 1.76. The van der Waals surface area contributed by atoms with Crippen molar-refractivity contribution in [2.75, 3.05) is 24.2 Å². The molecule has 110 valence electrons. The fraction of sp³-hybridized carbons (Fsp3) is 0.154. The molecule has 0 spiro atoms. The zero-order valence-electron chi connectivity index (χ0n) is 11.3. The van der Waals surface area contributed by atoms with Gasteiger partial charge in [-0.05, 0) is 6.07 Å². The molecule has 21 heavy (non-hydrogen) atoms. The van der Waals surface area contributed by atoms with E-state index in [1.165, 1.54) is 18.5 Å². The van der Waals surface area contributed by atoms with E-state index in [2.05, 4.69) is 4.74 Å². The molecule has 3 rings (SSSR count). The second-order valence-corrected chi connectivity index (χ2v) is 7.41. The SMILES string of the molecule is COC(=O)c1sc2c(c1N)S(=O)(=O)N(C)c1ccccc1-2. The van der Waals surface area contributed by atoms with Crippen LogP contribution in [0.2, 0.25) is 0 Å². The number of hydrogen-bond donors (Lipinski definition) is 1. The fourth-order valence-electron chi connectivity index (χ4n) is 2.31. The molecule has 6 nitrogen and oxygen atoms in total. The molecule has 2 heterocycles. The highest BCUT2D eigenvalue weighted by Gasteiger charge is 2.38. The summed E-state index contributed by atoms with van der Waals surface area (Å²) in [6.45, 7) is 0. The molecule has 2 N–H and O–H groups in total. The first kappa shape index (κ1) is 13.9. The quantitative estimate of drug-likeness (QED) is 0.810. The number of thiophene rings is 1. The van der Waals surface area contributed by atoms with Crippen LogP contribution in [0, 0.1) is 0 Å². The Bertz CT molecular complexity index is 855. The molecular formula is C13H12N2O4S2. The predicted molar refractivity (Wildman–Crippen MR) is 81.1 cm³/mol. The molecule has 1 aliphatic heterocycles. The van der Waals surface area contributed by atoms with Crippen LogP contribution in [0.3, 0.4) is 0 Å². The van der Waals surface area contributed by atoms with Crippen molar-refractivity contribution >= 4 is 38.7 Å². The molecule has 0 amide bonds. The summed E-state index contributed by atoms with van der Waals surface area (Å²) < 4.78 is 31.1. The Balaban J connectivity index is 2.41. The Hall–Kier alpha value is -2.06. The summed E-state index contributed by atoms with van der Waals surface area (Å²) in [6, 6.07) is 7.08. The number of rotatable bonds is 1. The van der Waals surface area contributed by atoms with Crippen LogP contribution in [0.4, 0.5) is 11.4 Å². The smallest absolute Gasteiger partial charge is 0.350 e. The van der Waals surface area contributed by atoms with Crippen LogP contribution in [-0.2, 0) is 14.8 Å². The van der Waals surface area contributed by atoms with Gasteiger partial charge in [-0.15, -0.1) is 11.3 Å². The van der Waals surface area contributed by atoms with E-state index < -0.39 is 16.0 Å². The molecule has 1 aromatic carbocycles. The Labute approximate surface area is 125 Å². The number of nitrogens with zero attached hydrogens (tertiary/aromatic N) is 1. The fourth-order valence-corrected chi connectivity index (χ4v) is 5.30. The summed E-state index contributed by atoms with van der Waals surface area (Å²) in [7, 11) is -1.08. The standard InChI is InChI=1S/C13H12N2O4S2/c1-15-8-6-4-3-5-7(8)10-12(21(15,17)18)9(14)11(20-10)13(16)19-2/h3-6H,14H2,1-2H3. The number of carbonyl (C=O) groups excluding carboxylic acids is 1. The van der Waals surface area contributed by atoms with Crippen LogP contribution in [0.15, 0.2) is 29.2 Å². The molecule has 0 saturated carbocycles. The van der Waals surface area contributed by atoms with Crippen molar-refractivity contribution in [3.05, 3.63) is 29.1 Å². The van der Waals surface area contributed by atoms with Crippen molar-refractivity contribution in [3.63, 3.8) is 0 Å². The maximum Gasteiger partial charge on any atom is 0.350 e. The van der Waals surface area contributed by atoms with Gasteiger partial charge < -0.3 is 10.5 Å². The lowest BCUT2D eigenvalue weighted by Crippen LogP contribution is -2.30. The van der Waals surface area contributed by atoms with E-state index in [4.69, 9.17) is 5.73 Å². The minimum atomic E-state index is -3.77. The average molecular weight is 324 g/mol. The lowest BCUT2D eigenvalue weighted by atomic mass is 10.1. The van der Waals surface area contributed by atoms with E-state index in [1.807, 2.05) is 6.07 Å². The lowest BCUT2D eigenvalue weighted by Gasteiger charge is -2.27. The highest BCUT2D eigenvalue weighted by molar-refractivity contribution is 7.93. The zero-order chi connectivity index (χ0) is 15.4. The summed E-state index contributed by atoms with van der Waals surface area (Å²) in [5.74, 6) is -0.637. The van der Waals surface area contributed by atoms with Crippen molar-refractivity contribution in [2.24, 2.45) is 0 Å². The molecule has 0 saturated heterocycles.